The molecule has 8 nitrogen and oxygen atoms in total. The Morgan fingerprint density at radius 3 is 2.88 bits per heavy atom. The van der Waals surface area contributed by atoms with Gasteiger partial charge in [-0.3, -0.25) is 15.0 Å². The highest BCUT2D eigenvalue weighted by Gasteiger charge is 2.37. The minimum Gasteiger partial charge on any atom is -0.481 e. The van der Waals surface area contributed by atoms with Gasteiger partial charge < -0.3 is 9.26 Å². The van der Waals surface area contributed by atoms with E-state index in [2.05, 4.69) is 20.5 Å². The monoisotopic (exact) mass is 347 g/mol. The van der Waals surface area contributed by atoms with Gasteiger partial charge in [0.1, 0.15) is 0 Å². The standard InChI is InChI=1S/C17H25N5O3/c1-10-9-14(25-20-10)18-16(23)12(3)22-8-6-7-13(22)15-11(2)19-21(4)17(15)24-5/h9,12-13H,6-8H2,1-5H3,(H,18,23)/t12-,13-/m1/s1. The van der Waals surface area contributed by atoms with Crippen molar-refractivity contribution in [2.75, 3.05) is 19.0 Å². The lowest BCUT2D eigenvalue weighted by Crippen LogP contribution is -2.41. The quantitative estimate of drug-likeness (QED) is 0.892. The lowest BCUT2D eigenvalue weighted by Gasteiger charge is -2.29. The number of carbonyl (C=O) groups is 1. The minimum atomic E-state index is -0.304. The molecule has 0 bridgehead atoms. The summed E-state index contributed by atoms with van der Waals surface area (Å²) >= 11 is 0. The van der Waals surface area contributed by atoms with Crippen molar-refractivity contribution in [1.29, 1.82) is 0 Å². The second kappa shape index (κ2) is 6.87. The number of ether oxygens (including phenoxy) is 1. The topological polar surface area (TPSA) is 85.4 Å². The van der Waals surface area contributed by atoms with Gasteiger partial charge in [0.25, 0.3) is 0 Å². The molecule has 0 aromatic carbocycles. The van der Waals surface area contributed by atoms with Gasteiger partial charge in [-0.25, -0.2) is 4.68 Å². The Labute approximate surface area is 147 Å². The van der Waals surface area contributed by atoms with Gasteiger partial charge in [-0.1, -0.05) is 5.16 Å². The molecule has 0 aliphatic carbocycles. The molecule has 1 amide bonds. The molecule has 0 spiro atoms. The maximum absolute atomic E-state index is 12.6. The smallest absolute Gasteiger partial charge is 0.243 e. The van der Waals surface area contributed by atoms with Crippen LogP contribution in [0.25, 0.3) is 0 Å². The van der Waals surface area contributed by atoms with E-state index in [9.17, 15) is 4.79 Å². The lowest BCUT2D eigenvalue weighted by atomic mass is 10.0. The van der Waals surface area contributed by atoms with Crippen molar-refractivity contribution < 1.29 is 14.1 Å². The second-order valence-electron chi connectivity index (χ2n) is 6.53. The van der Waals surface area contributed by atoms with Gasteiger partial charge in [-0.05, 0) is 40.2 Å². The number of carbonyl (C=O) groups excluding carboxylic acids is 1. The first-order valence-corrected chi connectivity index (χ1v) is 8.49. The Morgan fingerprint density at radius 1 is 1.48 bits per heavy atom. The molecule has 2 atom stereocenters. The predicted octanol–water partition coefficient (Wildman–Crippen LogP) is 2.20. The van der Waals surface area contributed by atoms with Crippen molar-refractivity contribution in [1.82, 2.24) is 19.8 Å². The zero-order chi connectivity index (χ0) is 18.1. The van der Waals surface area contributed by atoms with Crippen molar-refractivity contribution in [2.24, 2.45) is 7.05 Å². The number of nitrogens with one attached hydrogen (secondary N) is 1. The van der Waals surface area contributed by atoms with Crippen LogP contribution in [-0.2, 0) is 11.8 Å². The number of hydrogen-bond acceptors (Lipinski definition) is 6. The summed E-state index contributed by atoms with van der Waals surface area (Å²) in [6, 6.07) is 1.52. The number of aryl methyl sites for hydroxylation is 3. The van der Waals surface area contributed by atoms with Crippen LogP contribution in [-0.4, -0.2) is 45.4 Å². The van der Waals surface area contributed by atoms with Crippen LogP contribution in [0.3, 0.4) is 0 Å². The van der Waals surface area contributed by atoms with Crippen LogP contribution in [0.1, 0.15) is 42.8 Å². The Balaban J connectivity index is 1.80. The fraction of sp³-hybridized carbons (Fsp3) is 0.588. The average molecular weight is 347 g/mol. The Bertz CT molecular complexity index is 766. The van der Waals surface area contributed by atoms with Crippen LogP contribution in [0.15, 0.2) is 10.6 Å². The number of anilines is 1. The number of methoxy groups -OCH3 is 1. The molecule has 8 heteroatoms. The first-order valence-electron chi connectivity index (χ1n) is 8.49. The molecule has 0 radical (unpaired) electrons. The third-order valence-electron chi connectivity index (χ3n) is 4.79. The van der Waals surface area contributed by atoms with Gasteiger partial charge in [0.15, 0.2) is 0 Å². The highest BCUT2D eigenvalue weighted by atomic mass is 16.5. The first-order chi connectivity index (χ1) is 11.9. The van der Waals surface area contributed by atoms with Crippen LogP contribution in [0.5, 0.6) is 5.88 Å². The molecule has 2 aromatic rings. The van der Waals surface area contributed by atoms with Gasteiger partial charge in [-0.15, -0.1) is 0 Å². The van der Waals surface area contributed by atoms with Crippen molar-refractivity contribution in [3.8, 4) is 5.88 Å². The molecule has 0 saturated carbocycles. The lowest BCUT2D eigenvalue weighted by molar-refractivity contribution is -0.121. The van der Waals surface area contributed by atoms with E-state index < -0.39 is 0 Å². The zero-order valence-corrected chi connectivity index (χ0v) is 15.4. The molecule has 3 heterocycles. The van der Waals surface area contributed by atoms with E-state index >= 15 is 0 Å². The van der Waals surface area contributed by atoms with Crippen LogP contribution in [0.2, 0.25) is 0 Å². The van der Waals surface area contributed by atoms with Gasteiger partial charge >= 0.3 is 0 Å². The van der Waals surface area contributed by atoms with E-state index in [1.165, 1.54) is 0 Å². The fourth-order valence-corrected chi connectivity index (χ4v) is 3.64. The van der Waals surface area contributed by atoms with Crippen LogP contribution < -0.4 is 10.1 Å². The molecule has 1 aliphatic rings. The normalized spacial score (nSPS) is 19.2. The molecule has 3 rings (SSSR count). The predicted molar refractivity (Wildman–Crippen MR) is 92.5 cm³/mol. The van der Waals surface area contributed by atoms with Crippen LogP contribution in [0, 0.1) is 13.8 Å². The van der Waals surface area contributed by atoms with E-state index in [0.717, 1.165) is 42.2 Å². The van der Waals surface area contributed by atoms with Crippen molar-refractivity contribution in [3.63, 3.8) is 0 Å². The van der Waals surface area contributed by atoms with Crippen LogP contribution in [0.4, 0.5) is 5.88 Å². The highest BCUT2D eigenvalue weighted by Crippen LogP contribution is 2.39. The van der Waals surface area contributed by atoms with E-state index in [1.807, 2.05) is 27.8 Å². The van der Waals surface area contributed by atoms with Gasteiger partial charge in [0.2, 0.25) is 17.7 Å². The summed E-state index contributed by atoms with van der Waals surface area (Å²) in [5.74, 6) is 1.02. The minimum absolute atomic E-state index is 0.108. The molecule has 1 aliphatic heterocycles. The van der Waals surface area contributed by atoms with E-state index in [4.69, 9.17) is 9.26 Å². The Morgan fingerprint density at radius 2 is 2.24 bits per heavy atom. The number of nitrogens with zero attached hydrogens (tertiary/aromatic N) is 4. The summed E-state index contributed by atoms with van der Waals surface area (Å²) in [6.45, 7) is 6.56. The van der Waals surface area contributed by atoms with E-state index in [-0.39, 0.29) is 18.0 Å². The Hall–Kier alpha value is -2.35. The summed E-state index contributed by atoms with van der Waals surface area (Å²) in [7, 11) is 3.53. The first kappa shape index (κ1) is 17.5. The third kappa shape index (κ3) is 3.26. The molecule has 0 unspecified atom stereocenters. The van der Waals surface area contributed by atoms with E-state index in [0.29, 0.717) is 5.88 Å². The number of hydrogen-bond donors (Lipinski definition) is 1. The van der Waals surface area contributed by atoms with Crippen molar-refractivity contribution >= 4 is 11.8 Å². The van der Waals surface area contributed by atoms with Gasteiger partial charge in [0, 0.05) is 19.2 Å². The van der Waals surface area contributed by atoms with E-state index in [1.54, 1.807) is 17.9 Å². The number of aromatic nitrogens is 3. The average Bonchev–Trinajstić information content (AvgIpc) is 3.25. The zero-order valence-electron chi connectivity index (χ0n) is 15.4. The molecular weight excluding hydrogens is 322 g/mol. The Kier molecular flexibility index (Phi) is 4.80. The molecule has 1 saturated heterocycles. The molecule has 1 N–H and O–H groups in total. The molecule has 25 heavy (non-hydrogen) atoms. The highest BCUT2D eigenvalue weighted by molar-refractivity contribution is 5.93. The number of amides is 1. The van der Waals surface area contributed by atoms with Crippen molar-refractivity contribution in [2.45, 2.75) is 45.7 Å². The number of rotatable bonds is 5. The molecule has 136 valence electrons. The SMILES string of the molecule is COc1c([C@H]2CCCN2[C@H](C)C(=O)Nc2cc(C)no2)c(C)nn1C. The van der Waals surface area contributed by atoms with Gasteiger partial charge in [-0.2, -0.15) is 5.10 Å². The molecular formula is C17H25N5O3. The fourth-order valence-electron chi connectivity index (χ4n) is 3.64. The molecule has 1 fully saturated rings. The summed E-state index contributed by atoms with van der Waals surface area (Å²) in [5.41, 5.74) is 2.74. The van der Waals surface area contributed by atoms with Crippen molar-refractivity contribution in [3.05, 3.63) is 23.0 Å². The summed E-state index contributed by atoms with van der Waals surface area (Å²) < 4.78 is 12.4. The largest absolute Gasteiger partial charge is 0.481 e. The third-order valence-corrected chi connectivity index (χ3v) is 4.79. The van der Waals surface area contributed by atoms with Gasteiger partial charge in [0.05, 0.1) is 30.1 Å². The van der Waals surface area contributed by atoms with Crippen LogP contribution >= 0.6 is 0 Å². The second-order valence-corrected chi connectivity index (χ2v) is 6.53. The number of likely N-dealkylation sites (tertiary alicyclic amines) is 1. The summed E-state index contributed by atoms with van der Waals surface area (Å²) in [4.78, 5) is 14.8. The molecule has 2 aromatic heterocycles. The summed E-state index contributed by atoms with van der Waals surface area (Å²) in [5, 5.41) is 11.1. The maximum Gasteiger partial charge on any atom is 0.243 e. The summed E-state index contributed by atoms with van der Waals surface area (Å²) in [6.07, 6.45) is 2.00. The maximum atomic E-state index is 12.6.